The fraction of sp³-hybridized carbons (Fsp3) is 0.895. The molecule has 0 saturated carbocycles. The lowest BCUT2D eigenvalue weighted by Gasteiger charge is -2.30. The Kier molecular flexibility index (Phi) is 10.9. The lowest BCUT2D eigenvalue weighted by atomic mass is 9.84. The van der Waals surface area contributed by atoms with Crippen LogP contribution in [0.5, 0.6) is 0 Å². The van der Waals surface area contributed by atoms with Gasteiger partial charge in [0, 0.05) is 11.5 Å². The molecule has 0 aromatic carbocycles. The van der Waals surface area contributed by atoms with Gasteiger partial charge >= 0.3 is 5.97 Å². The second-order valence-electron chi connectivity index (χ2n) is 9.55. The quantitative estimate of drug-likeness (QED) is 0.307. The third-order valence-electron chi connectivity index (χ3n) is 4.20. The van der Waals surface area contributed by atoms with Crippen molar-refractivity contribution in [2.24, 2.45) is 11.3 Å². The third kappa shape index (κ3) is 13.1. The first kappa shape index (κ1) is 29.0. The monoisotopic (exact) mass is 424 g/mol. The summed E-state index contributed by atoms with van der Waals surface area (Å²) in [7, 11) is 1.59. The number of hydrogen-bond acceptors (Lipinski definition) is 6. The van der Waals surface area contributed by atoms with Crippen LogP contribution in [-0.2, 0) is 24.4 Å². The number of nitrogens with one attached hydrogen (secondary N) is 1. The van der Waals surface area contributed by atoms with Crippen molar-refractivity contribution in [1.29, 1.82) is 0 Å². The van der Waals surface area contributed by atoms with Crippen molar-refractivity contribution in [3.05, 3.63) is 0 Å². The van der Waals surface area contributed by atoms with Crippen LogP contribution >= 0.6 is 0 Å². The highest BCUT2D eigenvalue weighted by Gasteiger charge is 2.32. The average Bonchev–Trinajstić information content (AvgIpc) is 2.39. The van der Waals surface area contributed by atoms with E-state index in [1.54, 1.807) is 20.8 Å². The number of amides is 1. The molecule has 0 aromatic heterocycles. The summed E-state index contributed by atoms with van der Waals surface area (Å²) < 4.78 is 38.8. The maximum Gasteiger partial charge on any atom is 0.311 e. The minimum absolute atomic E-state index is 0. The Labute approximate surface area is 171 Å². The standard InChI is InChI=1S/C18H36N2O6S.CH4/c1-14(15(21)19-18(4,5)13-27(23,24)25)9-10-17(2,3)16(22)26-12-11-20(6,7)8;/h14H,9-13H2,1-8H3,(H-,19,21,23,24,25);1H4. The summed E-state index contributed by atoms with van der Waals surface area (Å²) in [4.78, 5) is 24.6. The average molecular weight is 425 g/mol. The molecule has 0 rings (SSSR count). The molecule has 168 valence electrons. The summed E-state index contributed by atoms with van der Waals surface area (Å²) in [5.41, 5.74) is -1.88. The van der Waals surface area contributed by atoms with E-state index in [4.69, 9.17) is 4.74 Å². The van der Waals surface area contributed by atoms with Crippen LogP contribution in [0.4, 0.5) is 0 Å². The Morgan fingerprint density at radius 1 is 1.14 bits per heavy atom. The van der Waals surface area contributed by atoms with Crippen molar-refractivity contribution in [1.82, 2.24) is 5.32 Å². The first-order valence-electron chi connectivity index (χ1n) is 9.08. The van der Waals surface area contributed by atoms with Gasteiger partial charge in [-0.15, -0.1) is 0 Å². The van der Waals surface area contributed by atoms with Crippen LogP contribution in [0, 0.1) is 11.3 Å². The van der Waals surface area contributed by atoms with Gasteiger partial charge in [0.25, 0.3) is 0 Å². The molecule has 0 fully saturated rings. The highest BCUT2D eigenvalue weighted by Crippen LogP contribution is 2.27. The summed E-state index contributed by atoms with van der Waals surface area (Å²) >= 11 is 0. The molecule has 0 heterocycles. The van der Waals surface area contributed by atoms with Gasteiger partial charge in [-0.3, -0.25) is 9.59 Å². The molecule has 9 heteroatoms. The predicted molar refractivity (Wildman–Crippen MR) is 110 cm³/mol. The second kappa shape index (κ2) is 10.5. The first-order chi connectivity index (χ1) is 11.8. The van der Waals surface area contributed by atoms with Crippen LogP contribution in [0.25, 0.3) is 0 Å². The Morgan fingerprint density at radius 2 is 1.64 bits per heavy atom. The minimum atomic E-state index is -4.45. The molecule has 0 saturated heterocycles. The molecule has 28 heavy (non-hydrogen) atoms. The Morgan fingerprint density at radius 3 is 2.07 bits per heavy atom. The largest absolute Gasteiger partial charge is 0.748 e. The minimum Gasteiger partial charge on any atom is -0.748 e. The molecule has 1 unspecified atom stereocenters. The first-order valence-corrected chi connectivity index (χ1v) is 10.7. The third-order valence-corrected chi connectivity index (χ3v) is 5.27. The molecule has 0 aliphatic rings. The molecule has 0 radical (unpaired) electrons. The van der Waals surface area contributed by atoms with E-state index in [9.17, 15) is 22.6 Å². The molecule has 1 atom stereocenters. The van der Waals surface area contributed by atoms with Crippen LogP contribution in [0.15, 0.2) is 0 Å². The van der Waals surface area contributed by atoms with Crippen LogP contribution in [0.2, 0.25) is 0 Å². The Balaban J connectivity index is 0. The van der Waals surface area contributed by atoms with Gasteiger partial charge in [-0.05, 0) is 40.5 Å². The van der Waals surface area contributed by atoms with E-state index in [-0.39, 0.29) is 19.3 Å². The number of likely N-dealkylation sites (N-methyl/N-ethyl adjacent to an activating group) is 1. The SMILES string of the molecule is C.CC(CCC(C)(C)C(=O)OCC[N+](C)(C)C)C(=O)NC(C)(C)CS(=O)(=O)[O-]. The molecule has 0 aliphatic heterocycles. The van der Waals surface area contributed by atoms with Gasteiger partial charge in [0.15, 0.2) is 0 Å². The van der Waals surface area contributed by atoms with Crippen LogP contribution in [0.3, 0.4) is 0 Å². The van der Waals surface area contributed by atoms with E-state index in [1.165, 1.54) is 13.8 Å². The number of quaternary nitrogens is 1. The zero-order chi connectivity index (χ0) is 21.7. The maximum absolute atomic E-state index is 12.3. The van der Waals surface area contributed by atoms with Gasteiger partial charge in [0.2, 0.25) is 5.91 Å². The number of esters is 1. The van der Waals surface area contributed by atoms with Crippen LogP contribution in [0.1, 0.15) is 54.9 Å². The molecule has 0 aliphatic carbocycles. The van der Waals surface area contributed by atoms with E-state index >= 15 is 0 Å². The fourth-order valence-corrected chi connectivity index (χ4v) is 3.31. The fourth-order valence-electron chi connectivity index (χ4n) is 2.35. The second-order valence-corrected chi connectivity index (χ2v) is 11.0. The van der Waals surface area contributed by atoms with Crippen molar-refractivity contribution in [3.63, 3.8) is 0 Å². The molecule has 0 bridgehead atoms. The van der Waals surface area contributed by atoms with Gasteiger partial charge in [-0.1, -0.05) is 14.4 Å². The van der Waals surface area contributed by atoms with Crippen molar-refractivity contribution in [3.8, 4) is 0 Å². The summed E-state index contributed by atoms with van der Waals surface area (Å²) in [5, 5.41) is 2.59. The van der Waals surface area contributed by atoms with E-state index in [0.717, 1.165) is 0 Å². The number of carbonyl (C=O) groups is 2. The Bertz CT molecular complexity index is 621. The van der Waals surface area contributed by atoms with E-state index in [0.29, 0.717) is 30.5 Å². The number of nitrogens with zero attached hydrogens (tertiary/aromatic N) is 1. The van der Waals surface area contributed by atoms with Gasteiger partial charge in [0.05, 0.1) is 42.4 Å². The zero-order valence-electron chi connectivity index (χ0n) is 17.9. The van der Waals surface area contributed by atoms with E-state index in [1.807, 2.05) is 21.1 Å². The zero-order valence-corrected chi connectivity index (χ0v) is 18.7. The normalized spacial score (nSPS) is 14.0. The molecule has 8 nitrogen and oxygen atoms in total. The van der Waals surface area contributed by atoms with Crippen molar-refractivity contribution < 1.29 is 31.8 Å². The predicted octanol–water partition coefficient (Wildman–Crippen LogP) is 1.75. The van der Waals surface area contributed by atoms with E-state index < -0.39 is 32.7 Å². The van der Waals surface area contributed by atoms with Crippen LogP contribution in [-0.4, -0.2) is 74.9 Å². The summed E-state index contributed by atoms with van der Waals surface area (Å²) in [5.74, 6) is -1.76. The highest BCUT2D eigenvalue weighted by molar-refractivity contribution is 7.85. The van der Waals surface area contributed by atoms with Gasteiger partial charge < -0.3 is 19.1 Å². The summed E-state index contributed by atoms with van der Waals surface area (Å²) in [6.07, 6.45) is 0.883. The van der Waals surface area contributed by atoms with Crippen molar-refractivity contribution in [2.75, 3.05) is 40.0 Å². The number of ether oxygens (including phenoxy) is 1. The van der Waals surface area contributed by atoms with Crippen molar-refractivity contribution >= 4 is 22.0 Å². The lowest BCUT2D eigenvalue weighted by molar-refractivity contribution is -0.870. The van der Waals surface area contributed by atoms with Gasteiger partial charge in [-0.2, -0.15) is 0 Å². The molecular formula is C19H40N2O6S. The molecule has 0 spiro atoms. The molecular weight excluding hydrogens is 384 g/mol. The summed E-state index contributed by atoms with van der Waals surface area (Å²) in [6.45, 7) is 9.28. The molecule has 1 amide bonds. The maximum atomic E-state index is 12.3. The topological polar surface area (TPSA) is 113 Å². The number of hydrogen-bond donors (Lipinski definition) is 1. The lowest BCUT2D eigenvalue weighted by Crippen LogP contribution is -2.50. The van der Waals surface area contributed by atoms with Gasteiger partial charge in [-0.25, -0.2) is 8.42 Å². The smallest absolute Gasteiger partial charge is 0.311 e. The molecule has 1 N–H and O–H groups in total. The number of carbonyl (C=O) groups excluding carboxylic acids is 2. The van der Waals surface area contributed by atoms with Crippen molar-refractivity contribution in [2.45, 2.75) is 60.4 Å². The van der Waals surface area contributed by atoms with Gasteiger partial charge in [0.1, 0.15) is 13.2 Å². The summed E-state index contributed by atoms with van der Waals surface area (Å²) in [6, 6.07) is 0. The highest BCUT2D eigenvalue weighted by atomic mass is 32.2. The number of rotatable bonds is 11. The molecule has 0 aromatic rings. The van der Waals surface area contributed by atoms with E-state index in [2.05, 4.69) is 5.32 Å². The van der Waals surface area contributed by atoms with Crippen LogP contribution < -0.4 is 5.32 Å². The Hall–Kier alpha value is -1.19.